The number of hydrogen-bond acceptors (Lipinski definition) is 5. The normalized spacial score (nSPS) is 16.6. The van der Waals surface area contributed by atoms with Crippen LogP contribution in [0.5, 0.6) is 11.5 Å². The van der Waals surface area contributed by atoms with Gasteiger partial charge in [0.25, 0.3) is 10.2 Å². The molecule has 2 aromatic carbocycles. The second kappa shape index (κ2) is 8.59. The van der Waals surface area contributed by atoms with Gasteiger partial charge in [0.2, 0.25) is 5.91 Å². The number of ether oxygens (including phenoxy) is 2. The second-order valence-electron chi connectivity index (χ2n) is 6.31. The summed E-state index contributed by atoms with van der Waals surface area (Å²) in [7, 11) is -0.658. The Morgan fingerprint density at radius 3 is 2.21 bits per heavy atom. The van der Waals surface area contributed by atoms with Gasteiger partial charge in [-0.05, 0) is 5.56 Å². The van der Waals surface area contributed by atoms with E-state index < -0.39 is 16.1 Å². The van der Waals surface area contributed by atoms with Crippen molar-refractivity contribution in [1.82, 2.24) is 8.61 Å². The van der Waals surface area contributed by atoms with Crippen LogP contribution in [0.4, 0.5) is 5.69 Å². The van der Waals surface area contributed by atoms with Gasteiger partial charge in [0.15, 0.2) is 0 Å². The van der Waals surface area contributed by atoms with Gasteiger partial charge in [-0.2, -0.15) is 17.0 Å². The zero-order valence-electron chi connectivity index (χ0n) is 15.8. The van der Waals surface area contributed by atoms with E-state index in [4.69, 9.17) is 9.47 Å². The first kappa shape index (κ1) is 20.1. The molecule has 2 aromatic rings. The van der Waals surface area contributed by atoms with Gasteiger partial charge in [-0.15, -0.1) is 0 Å². The van der Waals surface area contributed by atoms with E-state index in [1.54, 1.807) is 18.2 Å². The molecule has 0 atom stereocenters. The topological polar surface area (TPSA) is 88.2 Å². The third-order valence-corrected chi connectivity index (χ3v) is 6.34. The molecule has 9 heteroatoms. The maximum Gasteiger partial charge on any atom is 0.282 e. The molecule has 0 aromatic heterocycles. The highest BCUT2D eigenvalue weighted by molar-refractivity contribution is 7.87. The van der Waals surface area contributed by atoms with Gasteiger partial charge in [-0.25, -0.2) is 0 Å². The average Bonchev–Trinajstić information content (AvgIpc) is 2.96. The summed E-state index contributed by atoms with van der Waals surface area (Å²) in [4.78, 5) is 12.4. The van der Waals surface area contributed by atoms with E-state index in [-0.39, 0.29) is 19.6 Å². The molecule has 3 rings (SSSR count). The molecule has 1 aliphatic heterocycles. The highest BCUT2D eigenvalue weighted by Gasteiger charge is 2.37. The summed E-state index contributed by atoms with van der Waals surface area (Å²) in [5, 5.41) is 2.70. The van der Waals surface area contributed by atoms with Crippen LogP contribution in [0, 0.1) is 0 Å². The quantitative estimate of drug-likeness (QED) is 0.758. The first-order chi connectivity index (χ1) is 13.4. The minimum absolute atomic E-state index is 0.257. The minimum atomic E-state index is -3.68. The van der Waals surface area contributed by atoms with Crippen molar-refractivity contribution in [3.8, 4) is 11.5 Å². The molecule has 8 nitrogen and oxygen atoms in total. The minimum Gasteiger partial charge on any atom is -0.497 e. The third kappa shape index (κ3) is 4.61. The number of methoxy groups -OCH3 is 2. The van der Waals surface area contributed by atoms with Crippen molar-refractivity contribution in [3.05, 3.63) is 54.1 Å². The Labute approximate surface area is 164 Å². The van der Waals surface area contributed by atoms with Crippen molar-refractivity contribution in [1.29, 1.82) is 0 Å². The number of anilines is 1. The Hall–Kier alpha value is -2.62. The number of amides is 1. The summed E-state index contributed by atoms with van der Waals surface area (Å²) in [5.74, 6) is 0.621. The molecule has 150 valence electrons. The molecule has 0 aliphatic carbocycles. The molecular weight excluding hydrogens is 382 g/mol. The molecule has 0 bridgehead atoms. The molecule has 28 heavy (non-hydrogen) atoms. The van der Waals surface area contributed by atoms with E-state index in [1.807, 2.05) is 30.3 Å². The SMILES string of the molecule is COc1cc(NC(=O)CN2CCN(Cc3ccccc3)S2(=O)=O)cc(OC)c1. The predicted octanol–water partition coefficient (Wildman–Crippen LogP) is 1.70. The van der Waals surface area contributed by atoms with Gasteiger partial charge >= 0.3 is 0 Å². The van der Waals surface area contributed by atoms with E-state index in [0.29, 0.717) is 23.7 Å². The highest BCUT2D eigenvalue weighted by Crippen LogP contribution is 2.26. The lowest BCUT2D eigenvalue weighted by Gasteiger charge is -2.18. The van der Waals surface area contributed by atoms with Crippen LogP contribution in [0.2, 0.25) is 0 Å². The van der Waals surface area contributed by atoms with Crippen molar-refractivity contribution in [3.63, 3.8) is 0 Å². The molecule has 0 saturated carbocycles. The number of carbonyl (C=O) groups is 1. The molecule has 0 unspecified atom stereocenters. The summed E-state index contributed by atoms with van der Waals surface area (Å²) in [5.41, 5.74) is 1.37. The summed E-state index contributed by atoms with van der Waals surface area (Å²) in [6.07, 6.45) is 0. The molecule has 1 aliphatic rings. The van der Waals surface area contributed by atoms with Gasteiger partial charge in [0.05, 0.1) is 20.8 Å². The lowest BCUT2D eigenvalue weighted by Crippen LogP contribution is -2.37. The Balaban J connectivity index is 1.64. The van der Waals surface area contributed by atoms with Crippen LogP contribution in [-0.2, 0) is 21.5 Å². The predicted molar refractivity (Wildman–Crippen MR) is 106 cm³/mol. The first-order valence-electron chi connectivity index (χ1n) is 8.74. The number of hydrogen-bond donors (Lipinski definition) is 1. The van der Waals surface area contributed by atoms with Crippen LogP contribution in [-0.4, -0.2) is 56.8 Å². The van der Waals surface area contributed by atoms with Crippen molar-refractivity contribution >= 4 is 21.8 Å². The van der Waals surface area contributed by atoms with Crippen molar-refractivity contribution in [2.75, 3.05) is 39.2 Å². The van der Waals surface area contributed by atoms with Crippen molar-refractivity contribution < 1.29 is 22.7 Å². The number of rotatable bonds is 7. The van der Waals surface area contributed by atoms with Crippen molar-refractivity contribution in [2.24, 2.45) is 0 Å². The number of benzene rings is 2. The van der Waals surface area contributed by atoms with E-state index >= 15 is 0 Å². The Morgan fingerprint density at radius 1 is 1.00 bits per heavy atom. The highest BCUT2D eigenvalue weighted by atomic mass is 32.2. The number of carbonyl (C=O) groups excluding carboxylic acids is 1. The van der Waals surface area contributed by atoms with E-state index in [2.05, 4.69) is 5.32 Å². The molecule has 1 amide bonds. The molecular formula is C19H23N3O5S. The van der Waals surface area contributed by atoms with Gasteiger partial charge in [0, 0.05) is 43.5 Å². The maximum absolute atomic E-state index is 12.7. The van der Waals surface area contributed by atoms with Crippen LogP contribution < -0.4 is 14.8 Å². The third-order valence-electron chi connectivity index (χ3n) is 4.41. The van der Waals surface area contributed by atoms with Gasteiger partial charge in [0.1, 0.15) is 11.5 Å². The van der Waals surface area contributed by atoms with Crippen molar-refractivity contribution in [2.45, 2.75) is 6.54 Å². The van der Waals surface area contributed by atoms with E-state index in [0.717, 1.165) is 5.56 Å². The Morgan fingerprint density at radius 2 is 1.61 bits per heavy atom. The van der Waals surface area contributed by atoms with E-state index in [1.165, 1.54) is 22.8 Å². The summed E-state index contributed by atoms with van der Waals surface area (Å²) in [6, 6.07) is 14.3. The van der Waals surface area contributed by atoms with Crippen LogP contribution in [0.1, 0.15) is 5.56 Å². The van der Waals surface area contributed by atoms with Crippen LogP contribution in [0.25, 0.3) is 0 Å². The standard InChI is InChI=1S/C19H23N3O5S/c1-26-17-10-16(11-18(12-17)27-2)20-19(23)14-22-9-8-21(28(22,24)25)13-15-6-4-3-5-7-15/h3-7,10-12H,8-9,13-14H2,1-2H3,(H,20,23). The largest absolute Gasteiger partial charge is 0.497 e. The number of nitrogens with one attached hydrogen (secondary N) is 1. The molecule has 1 N–H and O–H groups in total. The van der Waals surface area contributed by atoms with Crippen LogP contribution >= 0.6 is 0 Å². The van der Waals surface area contributed by atoms with Gasteiger partial charge in [-0.3, -0.25) is 4.79 Å². The Bertz CT molecular complexity index is 912. The fourth-order valence-electron chi connectivity index (χ4n) is 2.97. The molecule has 0 radical (unpaired) electrons. The number of nitrogens with zero attached hydrogens (tertiary/aromatic N) is 2. The lowest BCUT2D eigenvalue weighted by atomic mass is 10.2. The van der Waals surface area contributed by atoms with Crippen LogP contribution in [0.3, 0.4) is 0 Å². The lowest BCUT2D eigenvalue weighted by molar-refractivity contribution is -0.116. The second-order valence-corrected chi connectivity index (χ2v) is 8.24. The molecule has 1 heterocycles. The fourth-order valence-corrected chi connectivity index (χ4v) is 4.51. The maximum atomic E-state index is 12.7. The molecule has 1 saturated heterocycles. The van der Waals surface area contributed by atoms with Gasteiger partial charge < -0.3 is 14.8 Å². The van der Waals surface area contributed by atoms with Gasteiger partial charge in [-0.1, -0.05) is 30.3 Å². The summed E-state index contributed by atoms with van der Waals surface area (Å²) in [6.45, 7) is 0.642. The zero-order valence-corrected chi connectivity index (χ0v) is 16.6. The average molecular weight is 405 g/mol. The smallest absolute Gasteiger partial charge is 0.282 e. The Kier molecular flexibility index (Phi) is 6.18. The fraction of sp³-hybridized carbons (Fsp3) is 0.316. The summed E-state index contributed by atoms with van der Waals surface area (Å²) < 4.78 is 38.3. The van der Waals surface area contributed by atoms with Crippen LogP contribution in [0.15, 0.2) is 48.5 Å². The molecule has 1 fully saturated rings. The monoisotopic (exact) mass is 405 g/mol. The zero-order chi connectivity index (χ0) is 20.1. The first-order valence-corrected chi connectivity index (χ1v) is 10.1. The van der Waals surface area contributed by atoms with E-state index in [9.17, 15) is 13.2 Å². The summed E-state index contributed by atoms with van der Waals surface area (Å²) >= 11 is 0. The molecule has 0 spiro atoms.